The van der Waals surface area contributed by atoms with Crippen LogP contribution in [0, 0.1) is 12.7 Å². The second-order valence-corrected chi connectivity index (χ2v) is 12.1. The van der Waals surface area contributed by atoms with E-state index in [9.17, 15) is 9.90 Å². The minimum Gasteiger partial charge on any atom is -0.496 e. The molecule has 1 aliphatic heterocycles. The number of halogens is 1. The molecule has 1 saturated heterocycles. The SMILES string of the molecule is COc1ccncc1-c1nc(C)cc(C(=O)Nc2nc3cc(C4CCN(C5CC5)CC4)ccc3n2CC(C)(C)O)c1F. The fourth-order valence-electron chi connectivity index (χ4n) is 5.99. The maximum Gasteiger partial charge on any atom is 0.261 e. The summed E-state index contributed by atoms with van der Waals surface area (Å²) >= 11 is 0. The Kier molecular flexibility index (Phi) is 7.44. The molecule has 9 nitrogen and oxygen atoms in total. The first-order valence-corrected chi connectivity index (χ1v) is 14.5. The number of nitrogens with one attached hydrogen (secondary N) is 1. The molecule has 0 bridgehead atoms. The number of benzene rings is 1. The van der Waals surface area contributed by atoms with Crippen LogP contribution in [0.4, 0.5) is 10.3 Å². The standard InChI is InChI=1S/C32H37FN6O3/c1-19-15-23(28(33)29(35-19)24-17-34-12-9-27(24)42-4)30(40)37-31-36-25-16-21(5-8-26(25)39(31)18-32(2,3)41)20-10-13-38(14-11-20)22-6-7-22/h5,8-9,12,15-17,20,22,41H,6-7,10-11,13-14,18H2,1-4H3,(H,36,37,40). The number of imidazole rings is 1. The van der Waals surface area contributed by atoms with Crippen LogP contribution in [0.2, 0.25) is 0 Å². The third-order valence-corrected chi connectivity index (χ3v) is 8.19. The summed E-state index contributed by atoms with van der Waals surface area (Å²) in [4.78, 5) is 29.4. The Morgan fingerprint density at radius 1 is 1.14 bits per heavy atom. The number of carbonyl (C=O) groups excluding carboxylic acids is 1. The molecule has 1 saturated carbocycles. The van der Waals surface area contributed by atoms with E-state index in [1.165, 1.54) is 37.8 Å². The number of amides is 1. The number of pyridine rings is 2. The number of rotatable bonds is 8. The van der Waals surface area contributed by atoms with Crippen molar-refractivity contribution in [2.75, 3.05) is 25.5 Å². The average molecular weight is 573 g/mol. The third-order valence-electron chi connectivity index (χ3n) is 8.19. The Labute approximate surface area is 244 Å². The normalized spacial score (nSPS) is 16.6. The summed E-state index contributed by atoms with van der Waals surface area (Å²) in [5, 5.41) is 13.5. The molecule has 4 aromatic rings. The van der Waals surface area contributed by atoms with Gasteiger partial charge in [0.25, 0.3) is 5.91 Å². The zero-order valence-electron chi connectivity index (χ0n) is 24.5. The Morgan fingerprint density at radius 2 is 1.90 bits per heavy atom. The Morgan fingerprint density at radius 3 is 2.60 bits per heavy atom. The zero-order valence-corrected chi connectivity index (χ0v) is 24.5. The number of likely N-dealkylation sites (tertiary alicyclic amines) is 1. The molecule has 1 amide bonds. The Hall–Kier alpha value is -3.89. The number of nitrogens with zero attached hydrogens (tertiary/aromatic N) is 5. The minimum absolute atomic E-state index is 0.0209. The minimum atomic E-state index is -1.08. The molecule has 10 heteroatoms. The molecule has 42 heavy (non-hydrogen) atoms. The first-order chi connectivity index (χ1) is 20.1. The second kappa shape index (κ2) is 11.1. The topological polar surface area (TPSA) is 105 Å². The van der Waals surface area contributed by atoms with Gasteiger partial charge < -0.3 is 19.3 Å². The van der Waals surface area contributed by atoms with E-state index in [4.69, 9.17) is 9.72 Å². The average Bonchev–Trinajstić information content (AvgIpc) is 3.77. The highest BCUT2D eigenvalue weighted by atomic mass is 19.1. The van der Waals surface area contributed by atoms with E-state index in [2.05, 4.69) is 32.3 Å². The molecule has 0 radical (unpaired) electrons. The number of anilines is 1. The lowest BCUT2D eigenvalue weighted by Crippen LogP contribution is -2.34. The van der Waals surface area contributed by atoms with Crippen molar-refractivity contribution in [1.82, 2.24) is 24.4 Å². The van der Waals surface area contributed by atoms with Gasteiger partial charge in [0.15, 0.2) is 5.82 Å². The number of aromatic nitrogens is 4. The van der Waals surface area contributed by atoms with E-state index in [-0.39, 0.29) is 23.8 Å². The number of carbonyl (C=O) groups is 1. The largest absolute Gasteiger partial charge is 0.496 e. The molecule has 3 aromatic heterocycles. The van der Waals surface area contributed by atoms with Crippen molar-refractivity contribution in [1.29, 1.82) is 0 Å². The molecule has 2 aliphatic rings. The van der Waals surface area contributed by atoms with E-state index in [1.54, 1.807) is 37.6 Å². The van der Waals surface area contributed by atoms with E-state index >= 15 is 4.39 Å². The van der Waals surface area contributed by atoms with E-state index in [0.29, 0.717) is 22.9 Å². The molecule has 0 unspecified atom stereocenters. The molecule has 2 N–H and O–H groups in total. The Balaban J connectivity index is 1.32. The van der Waals surface area contributed by atoms with Gasteiger partial charge in [-0.25, -0.2) is 14.4 Å². The van der Waals surface area contributed by atoms with Crippen molar-refractivity contribution < 1.29 is 19.0 Å². The number of aryl methyl sites for hydroxylation is 1. The van der Waals surface area contributed by atoms with Crippen LogP contribution < -0.4 is 10.1 Å². The number of piperidine rings is 1. The first kappa shape index (κ1) is 28.2. The van der Waals surface area contributed by atoms with E-state index in [0.717, 1.165) is 43.0 Å². The number of fused-ring (bicyclic) bond motifs is 1. The lowest BCUT2D eigenvalue weighted by atomic mass is 9.89. The summed E-state index contributed by atoms with van der Waals surface area (Å²) < 4.78 is 23.0. The van der Waals surface area contributed by atoms with Gasteiger partial charge in [-0.2, -0.15) is 0 Å². The van der Waals surface area contributed by atoms with Crippen LogP contribution in [0.1, 0.15) is 67.1 Å². The summed E-state index contributed by atoms with van der Waals surface area (Å²) in [5.74, 6) is -0.350. The molecule has 1 aliphatic carbocycles. The Bertz CT molecular complexity index is 1630. The molecule has 6 rings (SSSR count). The van der Waals surface area contributed by atoms with Crippen LogP contribution >= 0.6 is 0 Å². The van der Waals surface area contributed by atoms with Crippen molar-refractivity contribution in [3.8, 4) is 17.0 Å². The molecular weight excluding hydrogens is 535 g/mol. The molecule has 220 valence electrons. The lowest BCUT2D eigenvalue weighted by molar-refractivity contribution is 0.0630. The maximum absolute atomic E-state index is 15.8. The smallest absolute Gasteiger partial charge is 0.261 e. The summed E-state index contributed by atoms with van der Waals surface area (Å²) in [5.41, 5.74) is 2.28. The highest BCUT2D eigenvalue weighted by Gasteiger charge is 2.32. The molecule has 0 atom stereocenters. The van der Waals surface area contributed by atoms with Crippen LogP contribution in [-0.2, 0) is 6.54 Å². The first-order valence-electron chi connectivity index (χ1n) is 14.5. The summed E-state index contributed by atoms with van der Waals surface area (Å²) in [6.45, 7) is 7.52. The molecule has 4 heterocycles. The quantitative estimate of drug-likeness (QED) is 0.295. The van der Waals surface area contributed by atoms with Gasteiger partial charge in [-0.3, -0.25) is 15.1 Å². The van der Waals surface area contributed by atoms with Gasteiger partial charge in [0.1, 0.15) is 11.4 Å². The predicted molar refractivity (Wildman–Crippen MR) is 159 cm³/mol. The van der Waals surface area contributed by atoms with Crippen molar-refractivity contribution in [2.45, 2.75) is 70.6 Å². The molecule has 0 spiro atoms. The van der Waals surface area contributed by atoms with Crippen molar-refractivity contribution >= 4 is 22.9 Å². The van der Waals surface area contributed by atoms with Crippen LogP contribution in [0.15, 0.2) is 42.7 Å². The summed E-state index contributed by atoms with van der Waals surface area (Å²) in [6, 6.07) is 10.0. The highest BCUT2D eigenvalue weighted by Crippen LogP contribution is 2.36. The van der Waals surface area contributed by atoms with Gasteiger partial charge in [0, 0.05) is 24.1 Å². The number of hydrogen-bond acceptors (Lipinski definition) is 7. The van der Waals surface area contributed by atoms with Crippen LogP contribution in [-0.4, -0.2) is 67.3 Å². The maximum atomic E-state index is 15.8. The van der Waals surface area contributed by atoms with E-state index < -0.39 is 17.3 Å². The van der Waals surface area contributed by atoms with E-state index in [1.807, 2.05) is 6.07 Å². The molecule has 1 aromatic carbocycles. The lowest BCUT2D eigenvalue weighted by Gasteiger charge is -2.32. The summed E-state index contributed by atoms with van der Waals surface area (Å²) in [7, 11) is 1.48. The van der Waals surface area contributed by atoms with Crippen LogP contribution in [0.5, 0.6) is 5.75 Å². The number of aliphatic hydroxyl groups is 1. The van der Waals surface area contributed by atoms with Gasteiger partial charge in [-0.1, -0.05) is 6.07 Å². The van der Waals surface area contributed by atoms with Crippen LogP contribution in [0.3, 0.4) is 0 Å². The number of ether oxygens (including phenoxy) is 1. The highest BCUT2D eigenvalue weighted by molar-refractivity contribution is 6.05. The van der Waals surface area contributed by atoms with Crippen molar-refractivity contribution in [3.05, 3.63) is 65.4 Å². The van der Waals surface area contributed by atoms with Gasteiger partial charge in [-0.05, 0) is 95.3 Å². The number of methoxy groups -OCH3 is 1. The van der Waals surface area contributed by atoms with Crippen LogP contribution in [0.25, 0.3) is 22.3 Å². The number of hydrogen-bond donors (Lipinski definition) is 2. The predicted octanol–water partition coefficient (Wildman–Crippen LogP) is 5.31. The third kappa shape index (κ3) is 5.73. The van der Waals surface area contributed by atoms with Gasteiger partial charge in [0.2, 0.25) is 5.95 Å². The second-order valence-electron chi connectivity index (χ2n) is 12.1. The summed E-state index contributed by atoms with van der Waals surface area (Å²) in [6.07, 6.45) is 7.87. The fourth-order valence-corrected chi connectivity index (χ4v) is 5.99. The fraction of sp³-hybridized carbons (Fsp3) is 0.438. The van der Waals surface area contributed by atoms with Gasteiger partial charge >= 0.3 is 0 Å². The molecule has 2 fully saturated rings. The van der Waals surface area contributed by atoms with Crippen molar-refractivity contribution in [3.63, 3.8) is 0 Å². The van der Waals surface area contributed by atoms with Crippen molar-refractivity contribution in [2.24, 2.45) is 0 Å². The zero-order chi connectivity index (χ0) is 29.6. The van der Waals surface area contributed by atoms with Gasteiger partial charge in [-0.15, -0.1) is 0 Å². The molecular formula is C32H37FN6O3. The van der Waals surface area contributed by atoms with Gasteiger partial charge in [0.05, 0.1) is 41.4 Å². The monoisotopic (exact) mass is 572 g/mol.